The molecule has 0 aromatic heterocycles. The molecular weight excluding hydrogens is 338 g/mol. The van der Waals surface area contributed by atoms with Crippen LogP contribution < -0.4 is 15.8 Å². The van der Waals surface area contributed by atoms with Gasteiger partial charge in [-0.25, -0.2) is 0 Å². The van der Waals surface area contributed by atoms with Gasteiger partial charge in [0.2, 0.25) is 0 Å². The Hall–Kier alpha value is -2.12. The summed E-state index contributed by atoms with van der Waals surface area (Å²) in [6.07, 6.45) is 0. The molecule has 0 heterocycles. The molecule has 6 nitrogen and oxygen atoms in total. The Balaban J connectivity index is 2.09. The normalized spacial score (nSPS) is 10.2. The second-order valence-corrected chi connectivity index (χ2v) is 5.06. The van der Waals surface area contributed by atoms with E-state index in [-0.39, 0.29) is 5.69 Å². The Morgan fingerprint density at radius 2 is 1.95 bits per heavy atom. The highest BCUT2D eigenvalue weighted by Crippen LogP contribution is 2.30. The summed E-state index contributed by atoms with van der Waals surface area (Å²) in [4.78, 5) is 10.3. The van der Waals surface area contributed by atoms with Gasteiger partial charge in [-0.15, -0.1) is 0 Å². The molecule has 0 aliphatic carbocycles. The van der Waals surface area contributed by atoms with E-state index in [1.54, 1.807) is 6.07 Å². The van der Waals surface area contributed by atoms with Gasteiger partial charge in [-0.1, -0.05) is 0 Å². The average Bonchev–Trinajstić information content (AvgIpc) is 2.48. The molecule has 3 N–H and O–H groups in total. The third-order valence-electron chi connectivity index (χ3n) is 2.68. The molecule has 0 atom stereocenters. The number of nitrogens with one attached hydrogen (secondary N) is 1. The molecule has 0 aliphatic rings. The van der Waals surface area contributed by atoms with Crippen LogP contribution in [0.15, 0.2) is 46.9 Å². The van der Waals surface area contributed by atoms with Crippen molar-refractivity contribution >= 4 is 33.0 Å². The lowest BCUT2D eigenvalue weighted by atomic mass is 10.2. The molecule has 7 heteroatoms. The van der Waals surface area contributed by atoms with Crippen molar-refractivity contribution in [3.05, 3.63) is 57.1 Å². The van der Waals surface area contributed by atoms with Gasteiger partial charge < -0.3 is 15.8 Å². The van der Waals surface area contributed by atoms with Crippen molar-refractivity contribution in [3.63, 3.8) is 0 Å². The summed E-state index contributed by atoms with van der Waals surface area (Å²) >= 11 is 3.32. The van der Waals surface area contributed by atoms with Crippen LogP contribution in [0.1, 0.15) is 0 Å². The molecule has 0 radical (unpaired) electrons. The number of halogens is 1. The molecule has 2 aromatic carbocycles. The number of ether oxygens (including phenoxy) is 1. The second-order valence-electron chi connectivity index (χ2n) is 4.21. The fraction of sp³-hybridized carbons (Fsp3) is 0.143. The van der Waals surface area contributed by atoms with Crippen LogP contribution in [0.4, 0.5) is 17.1 Å². The molecule has 0 spiro atoms. The fourth-order valence-electron chi connectivity index (χ4n) is 1.69. The Morgan fingerprint density at radius 3 is 2.52 bits per heavy atom. The highest BCUT2D eigenvalue weighted by Gasteiger charge is 2.09. The van der Waals surface area contributed by atoms with Gasteiger partial charge in [0.05, 0.1) is 10.6 Å². The Kier molecular flexibility index (Phi) is 5.13. The molecule has 0 saturated heterocycles. The molecule has 2 rings (SSSR count). The first-order chi connectivity index (χ1) is 10.1. The van der Waals surface area contributed by atoms with Gasteiger partial charge in [-0.3, -0.25) is 10.1 Å². The minimum absolute atomic E-state index is 0.0398. The molecule has 0 bridgehead atoms. The summed E-state index contributed by atoms with van der Waals surface area (Å²) in [6.45, 7) is 0.941. The van der Waals surface area contributed by atoms with Crippen LogP contribution in [0.3, 0.4) is 0 Å². The average molecular weight is 352 g/mol. The highest BCUT2D eigenvalue weighted by molar-refractivity contribution is 9.10. The Labute approximate surface area is 130 Å². The number of benzene rings is 2. The number of non-ortho nitro benzene ring substituents is 1. The predicted molar refractivity (Wildman–Crippen MR) is 85.1 cm³/mol. The molecule has 110 valence electrons. The van der Waals surface area contributed by atoms with E-state index < -0.39 is 4.92 Å². The zero-order valence-corrected chi connectivity index (χ0v) is 12.7. The van der Waals surface area contributed by atoms with Crippen LogP contribution in [0.5, 0.6) is 5.75 Å². The number of rotatable bonds is 6. The predicted octanol–water partition coefficient (Wildman–Crippen LogP) is 3.44. The third kappa shape index (κ3) is 4.17. The number of nitro groups is 1. The quantitative estimate of drug-likeness (QED) is 0.614. The summed E-state index contributed by atoms with van der Waals surface area (Å²) in [6, 6.07) is 11.9. The molecule has 21 heavy (non-hydrogen) atoms. The van der Waals surface area contributed by atoms with Gasteiger partial charge in [0.25, 0.3) is 5.69 Å². The van der Waals surface area contributed by atoms with E-state index in [1.807, 2.05) is 24.3 Å². The lowest BCUT2D eigenvalue weighted by Gasteiger charge is -2.10. The Bertz CT molecular complexity index is 632. The maximum Gasteiger partial charge on any atom is 0.270 e. The van der Waals surface area contributed by atoms with Crippen molar-refractivity contribution in [3.8, 4) is 5.75 Å². The topological polar surface area (TPSA) is 90.4 Å². The molecule has 0 unspecified atom stereocenters. The maximum absolute atomic E-state index is 10.7. The molecule has 0 fully saturated rings. The summed E-state index contributed by atoms with van der Waals surface area (Å²) in [5.41, 5.74) is 7.01. The smallest absolute Gasteiger partial charge is 0.270 e. The SMILES string of the molecule is NCCOc1ccc(Nc2ccc([N+](=O)[O-])cc2Br)cc1. The summed E-state index contributed by atoms with van der Waals surface area (Å²) in [5.74, 6) is 0.744. The van der Waals surface area contributed by atoms with Crippen LogP contribution in [-0.4, -0.2) is 18.1 Å². The number of nitrogens with zero attached hydrogens (tertiary/aromatic N) is 1. The largest absolute Gasteiger partial charge is 0.492 e. The lowest BCUT2D eigenvalue weighted by molar-refractivity contribution is -0.384. The summed E-state index contributed by atoms with van der Waals surface area (Å²) in [5, 5.41) is 13.9. The monoisotopic (exact) mass is 351 g/mol. The lowest BCUT2D eigenvalue weighted by Crippen LogP contribution is -2.10. The van der Waals surface area contributed by atoms with E-state index in [0.29, 0.717) is 17.6 Å². The van der Waals surface area contributed by atoms with Gasteiger partial charge in [0, 0.05) is 28.8 Å². The first-order valence-corrected chi connectivity index (χ1v) is 7.03. The minimum Gasteiger partial charge on any atom is -0.492 e. The Morgan fingerprint density at radius 1 is 1.24 bits per heavy atom. The van der Waals surface area contributed by atoms with Crippen LogP contribution >= 0.6 is 15.9 Å². The van der Waals surface area contributed by atoms with Crippen molar-refractivity contribution in [2.75, 3.05) is 18.5 Å². The number of hydrogen-bond donors (Lipinski definition) is 2. The molecule has 0 amide bonds. The van der Waals surface area contributed by atoms with E-state index in [0.717, 1.165) is 17.1 Å². The van der Waals surface area contributed by atoms with Gasteiger partial charge in [-0.05, 0) is 46.3 Å². The highest BCUT2D eigenvalue weighted by atomic mass is 79.9. The third-order valence-corrected chi connectivity index (χ3v) is 3.34. The van der Waals surface area contributed by atoms with Crippen LogP contribution in [0.25, 0.3) is 0 Å². The van der Waals surface area contributed by atoms with E-state index in [1.165, 1.54) is 12.1 Å². The van der Waals surface area contributed by atoms with Crippen molar-refractivity contribution in [1.29, 1.82) is 0 Å². The second kappa shape index (κ2) is 7.05. The standard InChI is InChI=1S/C14H14BrN3O3/c15-13-9-11(18(19)20)3-6-14(13)17-10-1-4-12(5-2-10)21-8-7-16/h1-6,9,17H,7-8,16H2. The van der Waals surface area contributed by atoms with E-state index in [4.69, 9.17) is 10.5 Å². The molecule has 0 saturated carbocycles. The minimum atomic E-state index is -0.432. The molecule has 2 aromatic rings. The number of hydrogen-bond acceptors (Lipinski definition) is 5. The van der Waals surface area contributed by atoms with Gasteiger partial charge in [0.1, 0.15) is 12.4 Å². The summed E-state index contributed by atoms with van der Waals surface area (Å²) in [7, 11) is 0. The van der Waals surface area contributed by atoms with Crippen molar-refractivity contribution in [2.45, 2.75) is 0 Å². The van der Waals surface area contributed by atoms with E-state index in [9.17, 15) is 10.1 Å². The first-order valence-electron chi connectivity index (χ1n) is 6.24. The van der Waals surface area contributed by atoms with Gasteiger partial charge in [0.15, 0.2) is 0 Å². The zero-order valence-electron chi connectivity index (χ0n) is 11.1. The molecule has 0 aliphatic heterocycles. The number of nitrogens with two attached hydrogens (primary N) is 1. The van der Waals surface area contributed by atoms with Gasteiger partial charge >= 0.3 is 0 Å². The van der Waals surface area contributed by atoms with Crippen LogP contribution in [0, 0.1) is 10.1 Å². The molecular formula is C14H14BrN3O3. The van der Waals surface area contributed by atoms with Gasteiger partial charge in [-0.2, -0.15) is 0 Å². The zero-order chi connectivity index (χ0) is 15.2. The number of nitro benzene ring substituents is 1. The van der Waals surface area contributed by atoms with Crippen molar-refractivity contribution in [1.82, 2.24) is 0 Å². The van der Waals surface area contributed by atoms with Crippen LogP contribution in [-0.2, 0) is 0 Å². The van der Waals surface area contributed by atoms with E-state index >= 15 is 0 Å². The van der Waals surface area contributed by atoms with Crippen molar-refractivity contribution in [2.24, 2.45) is 5.73 Å². The van der Waals surface area contributed by atoms with E-state index in [2.05, 4.69) is 21.2 Å². The summed E-state index contributed by atoms with van der Waals surface area (Å²) < 4.78 is 6.01. The fourth-order valence-corrected chi connectivity index (χ4v) is 2.15. The van der Waals surface area contributed by atoms with Crippen LogP contribution in [0.2, 0.25) is 0 Å². The number of anilines is 2. The first kappa shape index (κ1) is 15.3. The maximum atomic E-state index is 10.7. The van der Waals surface area contributed by atoms with Crippen molar-refractivity contribution < 1.29 is 9.66 Å².